The number of nitrogens with one attached hydrogen (secondary N) is 1. The summed E-state index contributed by atoms with van der Waals surface area (Å²) in [5, 5.41) is 4.53. The highest BCUT2D eigenvalue weighted by atomic mass is 16.5. The van der Waals surface area contributed by atoms with Gasteiger partial charge >= 0.3 is 0 Å². The number of benzene rings is 2. The molecule has 1 N–H and O–H groups in total. The van der Waals surface area contributed by atoms with Crippen LogP contribution in [0.3, 0.4) is 0 Å². The van der Waals surface area contributed by atoms with E-state index in [9.17, 15) is 4.79 Å². The van der Waals surface area contributed by atoms with Crippen LogP contribution in [0.2, 0.25) is 0 Å². The van der Waals surface area contributed by atoms with Gasteiger partial charge in [-0.1, -0.05) is 0 Å². The Balaban J connectivity index is 1.35. The molecule has 1 amide bonds. The van der Waals surface area contributed by atoms with Crippen LogP contribution < -0.4 is 14.8 Å². The van der Waals surface area contributed by atoms with E-state index in [0.717, 1.165) is 66.1 Å². The molecule has 2 aromatic heterocycles. The molecule has 0 radical (unpaired) electrons. The standard InChI is InChI=1S/C27H30N4O4/c1-18-26(27(32)28-2)22-7-5-20(17-24(22)30(18)3)35-25-8-9-29-23-16-19(4-6-21(23)25)34-15-12-31-10-13-33-14-11-31/h4-9,16-17H,10-15H2,1-3H3,(H,28,32). The molecule has 1 aliphatic rings. The molecule has 3 heterocycles. The monoisotopic (exact) mass is 474 g/mol. The SMILES string of the molecule is CNC(=O)c1c(C)n(C)c2cc(Oc3ccnc4cc(OCCN5CCOCC5)ccc34)ccc12. The fraction of sp³-hybridized carbons (Fsp3) is 0.333. The number of aryl methyl sites for hydroxylation is 1. The minimum atomic E-state index is -0.0927. The second kappa shape index (κ2) is 9.93. The Kier molecular flexibility index (Phi) is 6.57. The lowest BCUT2D eigenvalue weighted by atomic mass is 10.1. The number of ether oxygens (including phenoxy) is 3. The van der Waals surface area contributed by atoms with E-state index in [4.69, 9.17) is 14.2 Å². The molecular weight excluding hydrogens is 444 g/mol. The first-order valence-electron chi connectivity index (χ1n) is 11.9. The molecule has 182 valence electrons. The molecule has 5 rings (SSSR count). The number of pyridine rings is 1. The van der Waals surface area contributed by atoms with Crippen molar-refractivity contribution in [2.75, 3.05) is 46.5 Å². The van der Waals surface area contributed by atoms with Crippen molar-refractivity contribution >= 4 is 27.7 Å². The number of aromatic nitrogens is 2. The molecule has 0 bridgehead atoms. The third-order valence-corrected chi connectivity index (χ3v) is 6.60. The first-order chi connectivity index (χ1) is 17.0. The van der Waals surface area contributed by atoms with Crippen molar-refractivity contribution in [2.24, 2.45) is 7.05 Å². The van der Waals surface area contributed by atoms with Crippen molar-refractivity contribution in [2.45, 2.75) is 6.92 Å². The summed E-state index contributed by atoms with van der Waals surface area (Å²) in [5.41, 5.74) is 3.34. The number of carbonyl (C=O) groups excluding carboxylic acids is 1. The van der Waals surface area contributed by atoms with Gasteiger partial charge in [0.25, 0.3) is 5.91 Å². The predicted molar refractivity (Wildman–Crippen MR) is 136 cm³/mol. The molecule has 2 aromatic carbocycles. The predicted octanol–water partition coefficient (Wildman–Crippen LogP) is 3.90. The number of carbonyl (C=O) groups is 1. The highest BCUT2D eigenvalue weighted by Crippen LogP contribution is 2.34. The molecule has 0 unspecified atom stereocenters. The van der Waals surface area contributed by atoms with E-state index in [1.165, 1.54) is 0 Å². The zero-order valence-corrected chi connectivity index (χ0v) is 20.3. The summed E-state index contributed by atoms with van der Waals surface area (Å²) in [5.74, 6) is 2.11. The van der Waals surface area contributed by atoms with Gasteiger partial charge in [-0.05, 0) is 37.3 Å². The molecule has 1 fully saturated rings. The van der Waals surface area contributed by atoms with Crippen molar-refractivity contribution in [3.05, 3.63) is 59.9 Å². The van der Waals surface area contributed by atoms with E-state index in [0.29, 0.717) is 23.7 Å². The van der Waals surface area contributed by atoms with Crippen LogP contribution in [-0.2, 0) is 11.8 Å². The second-order valence-corrected chi connectivity index (χ2v) is 8.67. The lowest BCUT2D eigenvalue weighted by molar-refractivity contribution is 0.0322. The molecule has 1 saturated heterocycles. The van der Waals surface area contributed by atoms with Gasteiger partial charge in [0.1, 0.15) is 23.9 Å². The minimum absolute atomic E-state index is 0.0927. The van der Waals surface area contributed by atoms with Gasteiger partial charge in [-0.25, -0.2) is 0 Å². The number of amides is 1. The van der Waals surface area contributed by atoms with Crippen LogP contribution in [-0.4, -0.2) is 66.9 Å². The fourth-order valence-electron chi connectivity index (χ4n) is 4.54. The van der Waals surface area contributed by atoms with E-state index in [-0.39, 0.29) is 5.91 Å². The summed E-state index contributed by atoms with van der Waals surface area (Å²) in [4.78, 5) is 19.2. The number of nitrogens with zero attached hydrogens (tertiary/aromatic N) is 3. The van der Waals surface area contributed by atoms with Crippen LogP contribution in [0.5, 0.6) is 17.2 Å². The summed E-state index contributed by atoms with van der Waals surface area (Å²) >= 11 is 0. The maximum Gasteiger partial charge on any atom is 0.253 e. The second-order valence-electron chi connectivity index (χ2n) is 8.67. The fourth-order valence-corrected chi connectivity index (χ4v) is 4.54. The van der Waals surface area contributed by atoms with Gasteiger partial charge in [0, 0.05) is 68.5 Å². The van der Waals surface area contributed by atoms with Crippen molar-refractivity contribution in [3.8, 4) is 17.2 Å². The summed E-state index contributed by atoms with van der Waals surface area (Å²) in [6.45, 7) is 6.91. The van der Waals surface area contributed by atoms with E-state index in [1.807, 2.05) is 61.0 Å². The summed E-state index contributed by atoms with van der Waals surface area (Å²) < 4.78 is 19.7. The van der Waals surface area contributed by atoms with Crippen molar-refractivity contribution < 1.29 is 19.0 Å². The van der Waals surface area contributed by atoms with Crippen LogP contribution in [0, 0.1) is 6.92 Å². The molecule has 1 aliphatic heterocycles. The molecular formula is C27H30N4O4. The maximum atomic E-state index is 12.4. The normalized spacial score (nSPS) is 14.4. The van der Waals surface area contributed by atoms with E-state index in [1.54, 1.807) is 13.2 Å². The summed E-state index contributed by atoms with van der Waals surface area (Å²) in [6, 6.07) is 13.5. The Morgan fingerprint density at radius 1 is 1.09 bits per heavy atom. The molecule has 8 nitrogen and oxygen atoms in total. The Morgan fingerprint density at radius 2 is 1.86 bits per heavy atom. The third-order valence-electron chi connectivity index (χ3n) is 6.60. The molecule has 0 aliphatic carbocycles. The number of morpholine rings is 1. The Hall–Kier alpha value is -3.62. The minimum Gasteiger partial charge on any atom is -0.492 e. The molecule has 35 heavy (non-hydrogen) atoms. The van der Waals surface area contributed by atoms with E-state index >= 15 is 0 Å². The summed E-state index contributed by atoms with van der Waals surface area (Å²) in [7, 11) is 3.60. The average Bonchev–Trinajstić information content (AvgIpc) is 3.13. The van der Waals surface area contributed by atoms with Gasteiger partial charge < -0.3 is 24.1 Å². The van der Waals surface area contributed by atoms with E-state index < -0.39 is 0 Å². The van der Waals surface area contributed by atoms with Crippen molar-refractivity contribution in [3.63, 3.8) is 0 Å². The first-order valence-corrected chi connectivity index (χ1v) is 11.9. The van der Waals surface area contributed by atoms with Crippen LogP contribution in [0.1, 0.15) is 16.1 Å². The van der Waals surface area contributed by atoms with Gasteiger partial charge in [0.05, 0.1) is 29.8 Å². The summed E-state index contributed by atoms with van der Waals surface area (Å²) in [6.07, 6.45) is 1.74. The number of rotatable bonds is 7. The Morgan fingerprint density at radius 3 is 2.66 bits per heavy atom. The van der Waals surface area contributed by atoms with Gasteiger partial charge in [0.15, 0.2) is 0 Å². The lowest BCUT2D eigenvalue weighted by Crippen LogP contribution is -2.38. The van der Waals surface area contributed by atoms with Crippen LogP contribution in [0.4, 0.5) is 0 Å². The average molecular weight is 475 g/mol. The highest BCUT2D eigenvalue weighted by Gasteiger charge is 2.18. The van der Waals surface area contributed by atoms with Crippen molar-refractivity contribution in [1.82, 2.24) is 19.8 Å². The zero-order chi connectivity index (χ0) is 24.4. The third kappa shape index (κ3) is 4.67. The quantitative estimate of drug-likeness (QED) is 0.438. The molecule has 0 spiro atoms. The molecule has 0 saturated carbocycles. The number of hydrogen-bond acceptors (Lipinski definition) is 6. The van der Waals surface area contributed by atoms with Crippen molar-refractivity contribution in [1.29, 1.82) is 0 Å². The smallest absolute Gasteiger partial charge is 0.253 e. The maximum absolute atomic E-state index is 12.4. The number of hydrogen-bond donors (Lipinski definition) is 1. The lowest BCUT2D eigenvalue weighted by Gasteiger charge is -2.26. The van der Waals surface area contributed by atoms with Crippen LogP contribution >= 0.6 is 0 Å². The zero-order valence-electron chi connectivity index (χ0n) is 20.3. The van der Waals surface area contributed by atoms with Gasteiger partial charge in [-0.2, -0.15) is 0 Å². The van der Waals surface area contributed by atoms with Gasteiger partial charge in [0.2, 0.25) is 0 Å². The molecule has 4 aromatic rings. The first kappa shape index (κ1) is 23.1. The number of fused-ring (bicyclic) bond motifs is 2. The van der Waals surface area contributed by atoms with Gasteiger partial charge in [-0.3, -0.25) is 14.7 Å². The topological polar surface area (TPSA) is 77.9 Å². The van der Waals surface area contributed by atoms with E-state index in [2.05, 4.69) is 15.2 Å². The van der Waals surface area contributed by atoms with Crippen LogP contribution in [0.25, 0.3) is 21.8 Å². The molecule has 8 heteroatoms. The van der Waals surface area contributed by atoms with Crippen LogP contribution in [0.15, 0.2) is 48.7 Å². The molecule has 0 atom stereocenters. The Bertz CT molecular complexity index is 1370. The highest BCUT2D eigenvalue weighted by molar-refractivity contribution is 6.08. The Labute approximate surface area is 204 Å². The van der Waals surface area contributed by atoms with Gasteiger partial charge in [-0.15, -0.1) is 0 Å². The largest absolute Gasteiger partial charge is 0.492 e.